The van der Waals surface area contributed by atoms with Crippen molar-refractivity contribution in [2.24, 2.45) is 5.73 Å². The van der Waals surface area contributed by atoms with E-state index in [0.29, 0.717) is 31.5 Å². The summed E-state index contributed by atoms with van der Waals surface area (Å²) in [5.41, 5.74) is 5.10. The molecule has 2 N–H and O–H groups in total. The Bertz CT molecular complexity index is 1090. The molecular weight excluding hydrogens is 436 g/mol. The highest BCUT2D eigenvalue weighted by Gasteiger charge is 2.52. The normalized spacial score (nSPS) is 23.1. The maximum absolute atomic E-state index is 13.1. The molecule has 2 aliphatic heterocycles. The van der Waals surface area contributed by atoms with Crippen molar-refractivity contribution in [1.29, 1.82) is 0 Å². The van der Waals surface area contributed by atoms with E-state index in [1.54, 1.807) is 25.1 Å². The van der Waals surface area contributed by atoms with E-state index in [2.05, 4.69) is 15.0 Å². The first kappa shape index (κ1) is 21.7. The number of nitrogens with zero attached hydrogens (tertiary/aromatic N) is 5. The lowest BCUT2D eigenvalue weighted by atomic mass is 9.93. The summed E-state index contributed by atoms with van der Waals surface area (Å²) < 4.78 is 5.92. The fourth-order valence-electron chi connectivity index (χ4n) is 4.15. The van der Waals surface area contributed by atoms with Gasteiger partial charge >= 0.3 is 12.0 Å². The highest BCUT2D eigenvalue weighted by Crippen LogP contribution is 2.39. The van der Waals surface area contributed by atoms with Gasteiger partial charge < -0.3 is 15.4 Å². The van der Waals surface area contributed by atoms with Gasteiger partial charge in [-0.15, -0.1) is 0 Å². The van der Waals surface area contributed by atoms with Gasteiger partial charge in [-0.1, -0.05) is 17.7 Å². The maximum Gasteiger partial charge on any atom is 0.357 e. The summed E-state index contributed by atoms with van der Waals surface area (Å²) in [7, 11) is 0. The van der Waals surface area contributed by atoms with Crippen molar-refractivity contribution in [3.63, 3.8) is 0 Å². The molecule has 3 amide bonds. The van der Waals surface area contributed by atoms with Crippen molar-refractivity contribution in [3.8, 4) is 0 Å². The van der Waals surface area contributed by atoms with Gasteiger partial charge in [-0.2, -0.15) is 0 Å². The van der Waals surface area contributed by atoms with Crippen molar-refractivity contribution in [3.05, 3.63) is 59.4 Å². The molecule has 0 radical (unpaired) electrons. The number of amides is 3. The molecule has 2 aliphatic rings. The SMILES string of the molecule is CC1(OC(=O)c2cccc(Cl)n2)CCCCN2C(=O)C=C(c3ccncn3)N(C(N)=O)C21. The van der Waals surface area contributed by atoms with E-state index in [1.807, 2.05) is 0 Å². The van der Waals surface area contributed by atoms with Gasteiger partial charge in [0.25, 0.3) is 5.91 Å². The predicted molar refractivity (Wildman–Crippen MR) is 114 cm³/mol. The van der Waals surface area contributed by atoms with Gasteiger partial charge in [-0.25, -0.2) is 24.5 Å². The quantitative estimate of drug-likeness (QED) is 0.553. The minimum Gasteiger partial charge on any atom is -0.450 e. The second-order valence-corrected chi connectivity index (χ2v) is 8.13. The number of nitrogens with two attached hydrogens (primary N) is 1. The number of hydrogen-bond acceptors (Lipinski definition) is 7. The molecule has 2 aromatic heterocycles. The molecule has 2 aromatic rings. The zero-order valence-electron chi connectivity index (χ0n) is 17.3. The van der Waals surface area contributed by atoms with Crippen molar-refractivity contribution in [1.82, 2.24) is 24.8 Å². The Kier molecular flexibility index (Phi) is 5.79. The van der Waals surface area contributed by atoms with Crippen LogP contribution in [0.5, 0.6) is 0 Å². The third-order valence-corrected chi connectivity index (χ3v) is 5.75. The Morgan fingerprint density at radius 1 is 1.28 bits per heavy atom. The smallest absolute Gasteiger partial charge is 0.357 e. The summed E-state index contributed by atoms with van der Waals surface area (Å²) in [4.78, 5) is 53.5. The third kappa shape index (κ3) is 4.01. The number of urea groups is 1. The average Bonchev–Trinajstić information content (AvgIpc) is 2.93. The fraction of sp³-hybridized carbons (Fsp3) is 0.333. The van der Waals surface area contributed by atoms with Crippen LogP contribution in [0.25, 0.3) is 5.70 Å². The van der Waals surface area contributed by atoms with Crippen LogP contribution in [0.1, 0.15) is 42.4 Å². The topological polar surface area (TPSA) is 132 Å². The molecule has 2 unspecified atom stereocenters. The predicted octanol–water partition coefficient (Wildman–Crippen LogP) is 2.21. The van der Waals surface area contributed by atoms with Crippen LogP contribution in [0.15, 0.2) is 42.9 Å². The molecule has 166 valence electrons. The van der Waals surface area contributed by atoms with E-state index < -0.39 is 23.8 Å². The second kappa shape index (κ2) is 8.54. The average molecular weight is 457 g/mol. The molecule has 0 bridgehead atoms. The Hall–Kier alpha value is -3.53. The molecular formula is C21H21ClN6O4. The Morgan fingerprint density at radius 2 is 2.09 bits per heavy atom. The summed E-state index contributed by atoms with van der Waals surface area (Å²) in [5, 5.41) is 0.146. The van der Waals surface area contributed by atoms with Gasteiger partial charge in [0.05, 0.1) is 11.4 Å². The molecule has 2 atom stereocenters. The van der Waals surface area contributed by atoms with E-state index in [-0.39, 0.29) is 22.5 Å². The number of fused-ring (bicyclic) bond motifs is 1. The van der Waals surface area contributed by atoms with Crippen molar-refractivity contribution < 1.29 is 19.1 Å². The number of aromatic nitrogens is 3. The lowest BCUT2D eigenvalue weighted by Gasteiger charge is -2.48. The molecule has 4 heterocycles. The molecule has 32 heavy (non-hydrogen) atoms. The Labute approximate surface area is 189 Å². The molecule has 4 rings (SSSR count). The van der Waals surface area contributed by atoms with Crippen LogP contribution in [-0.2, 0) is 9.53 Å². The number of rotatable bonds is 3. The molecule has 0 spiro atoms. The summed E-state index contributed by atoms with van der Waals surface area (Å²) in [6, 6.07) is 5.38. The summed E-state index contributed by atoms with van der Waals surface area (Å²) in [5.74, 6) is -1.04. The molecule has 1 fully saturated rings. The molecule has 0 saturated carbocycles. The number of esters is 1. The van der Waals surface area contributed by atoms with E-state index in [1.165, 1.54) is 34.5 Å². The van der Waals surface area contributed by atoms with Crippen molar-refractivity contribution in [2.75, 3.05) is 6.54 Å². The van der Waals surface area contributed by atoms with Gasteiger partial charge in [-0.05, 0) is 44.4 Å². The zero-order valence-corrected chi connectivity index (χ0v) is 18.0. The highest BCUT2D eigenvalue weighted by molar-refractivity contribution is 6.29. The number of primary amides is 1. The summed E-state index contributed by atoms with van der Waals surface area (Å²) >= 11 is 5.91. The van der Waals surface area contributed by atoms with E-state index >= 15 is 0 Å². The Morgan fingerprint density at radius 3 is 2.78 bits per heavy atom. The van der Waals surface area contributed by atoms with Crippen LogP contribution < -0.4 is 5.73 Å². The minimum absolute atomic E-state index is 0.0221. The fourth-order valence-corrected chi connectivity index (χ4v) is 4.32. The maximum atomic E-state index is 13.1. The first-order chi connectivity index (χ1) is 15.3. The van der Waals surface area contributed by atoms with Crippen molar-refractivity contribution in [2.45, 2.75) is 38.0 Å². The zero-order chi connectivity index (χ0) is 22.9. The standard InChI is InChI=1S/C21H21ClN6O4/c1-21(32-18(30)14-5-4-6-16(22)26-14)8-2-3-10-27-17(29)11-15(13-7-9-24-12-25-13)28(19(21)27)20(23)31/h4-7,9,11-12,19H,2-3,8,10H2,1H3,(H2,23,31). The third-order valence-electron chi connectivity index (χ3n) is 5.54. The van der Waals surface area contributed by atoms with Crippen LogP contribution in [0, 0.1) is 0 Å². The monoisotopic (exact) mass is 456 g/mol. The van der Waals surface area contributed by atoms with Gasteiger partial charge in [-0.3, -0.25) is 9.69 Å². The number of ether oxygens (including phenoxy) is 1. The van der Waals surface area contributed by atoms with Crippen LogP contribution in [0.4, 0.5) is 4.79 Å². The molecule has 0 aliphatic carbocycles. The summed E-state index contributed by atoms with van der Waals surface area (Å²) in [6.07, 6.45) is 4.90. The summed E-state index contributed by atoms with van der Waals surface area (Å²) in [6.45, 7) is 2.06. The number of pyridine rings is 1. The lowest BCUT2D eigenvalue weighted by molar-refractivity contribution is -0.143. The van der Waals surface area contributed by atoms with E-state index in [9.17, 15) is 14.4 Å². The molecule has 0 aromatic carbocycles. The van der Waals surface area contributed by atoms with Crippen molar-refractivity contribution >= 4 is 35.2 Å². The van der Waals surface area contributed by atoms with Crippen LogP contribution in [-0.4, -0.2) is 61.0 Å². The number of hydrogen-bond donors (Lipinski definition) is 1. The van der Waals surface area contributed by atoms with Gasteiger partial charge in [0, 0.05) is 18.8 Å². The minimum atomic E-state index is -1.27. The molecule has 1 saturated heterocycles. The highest BCUT2D eigenvalue weighted by atomic mass is 35.5. The number of carbonyl (C=O) groups is 3. The van der Waals surface area contributed by atoms with Gasteiger partial charge in [0.15, 0.2) is 6.17 Å². The van der Waals surface area contributed by atoms with Crippen LogP contribution in [0.2, 0.25) is 5.15 Å². The second-order valence-electron chi connectivity index (χ2n) is 7.74. The van der Waals surface area contributed by atoms with Gasteiger partial charge in [0.2, 0.25) is 0 Å². The lowest BCUT2D eigenvalue weighted by Crippen LogP contribution is -2.65. The van der Waals surface area contributed by atoms with Crippen LogP contribution >= 0.6 is 11.6 Å². The Balaban J connectivity index is 1.78. The van der Waals surface area contributed by atoms with E-state index in [4.69, 9.17) is 22.1 Å². The number of carbonyl (C=O) groups excluding carboxylic acids is 3. The van der Waals surface area contributed by atoms with E-state index in [0.717, 1.165) is 0 Å². The molecule has 11 heteroatoms. The van der Waals surface area contributed by atoms with Gasteiger partial charge in [0.1, 0.15) is 22.8 Å². The molecule has 10 nitrogen and oxygen atoms in total. The number of halogens is 1. The van der Waals surface area contributed by atoms with Crippen LogP contribution in [0.3, 0.4) is 0 Å². The first-order valence-corrected chi connectivity index (χ1v) is 10.4. The largest absolute Gasteiger partial charge is 0.450 e. The first-order valence-electron chi connectivity index (χ1n) is 10.0.